The van der Waals surface area contributed by atoms with Crippen LogP contribution in [0, 0.1) is 0 Å². The van der Waals surface area contributed by atoms with Crippen LogP contribution in [0.3, 0.4) is 0 Å². The van der Waals surface area contributed by atoms with Crippen molar-refractivity contribution in [3.8, 4) is 0 Å². The monoisotopic (exact) mass is 394 g/mol. The van der Waals surface area contributed by atoms with Gasteiger partial charge in [0.25, 0.3) is 0 Å². The Bertz CT molecular complexity index is 949. The molecule has 3 aromatic rings. The normalized spacial score (nSPS) is 17.5. The van der Waals surface area contributed by atoms with E-state index in [0.717, 1.165) is 24.6 Å². The first kappa shape index (κ1) is 19.1. The number of nitrogens with zero attached hydrogens (tertiary/aromatic N) is 7. The Hall–Kier alpha value is -3.20. The molecular weight excluding hydrogens is 368 g/mol. The van der Waals surface area contributed by atoms with Gasteiger partial charge in [0.15, 0.2) is 5.96 Å². The number of ether oxygens (including phenoxy) is 1. The molecule has 0 bridgehead atoms. The van der Waals surface area contributed by atoms with Gasteiger partial charge in [-0.15, -0.1) is 0 Å². The number of hydrogen-bond acceptors (Lipinski definition) is 5. The SMILES string of the molecule is CN=C(NCc1cccc(Cn2cncn2)c1)N1CCOC(c2cnn(C)c2)C1. The molecule has 1 aliphatic rings. The van der Waals surface area contributed by atoms with Gasteiger partial charge in [-0.25, -0.2) is 9.67 Å². The Morgan fingerprint density at radius 2 is 2.21 bits per heavy atom. The fourth-order valence-corrected chi connectivity index (χ4v) is 3.50. The molecule has 1 saturated heterocycles. The molecule has 0 aliphatic carbocycles. The first-order chi connectivity index (χ1) is 14.2. The minimum atomic E-state index is 0.00186. The lowest BCUT2D eigenvalue weighted by Crippen LogP contribution is -2.47. The topological polar surface area (TPSA) is 85.4 Å². The molecule has 0 saturated carbocycles. The Morgan fingerprint density at radius 1 is 1.31 bits per heavy atom. The van der Waals surface area contributed by atoms with Crippen LogP contribution < -0.4 is 5.32 Å². The summed E-state index contributed by atoms with van der Waals surface area (Å²) in [7, 11) is 3.74. The summed E-state index contributed by atoms with van der Waals surface area (Å²) in [6.07, 6.45) is 7.15. The second-order valence-electron chi connectivity index (χ2n) is 7.07. The molecule has 0 amide bonds. The van der Waals surface area contributed by atoms with Crippen molar-refractivity contribution in [2.75, 3.05) is 26.7 Å². The number of aliphatic imine (C=N–C) groups is 1. The molecule has 1 fully saturated rings. The Labute approximate surface area is 170 Å². The van der Waals surface area contributed by atoms with Crippen LogP contribution >= 0.6 is 0 Å². The highest BCUT2D eigenvalue weighted by atomic mass is 16.5. The minimum absolute atomic E-state index is 0.00186. The fraction of sp³-hybridized carbons (Fsp3) is 0.400. The summed E-state index contributed by atoms with van der Waals surface area (Å²) in [5.74, 6) is 0.879. The average Bonchev–Trinajstić information content (AvgIpc) is 3.41. The van der Waals surface area contributed by atoms with Crippen molar-refractivity contribution in [3.05, 3.63) is 66.0 Å². The Morgan fingerprint density at radius 3 is 2.97 bits per heavy atom. The molecule has 9 heteroatoms. The molecule has 4 rings (SSSR count). The van der Waals surface area contributed by atoms with E-state index in [0.29, 0.717) is 19.7 Å². The van der Waals surface area contributed by atoms with Crippen LogP contribution in [-0.2, 0) is 24.9 Å². The summed E-state index contributed by atoms with van der Waals surface area (Å²) in [4.78, 5) is 10.7. The van der Waals surface area contributed by atoms with E-state index in [9.17, 15) is 0 Å². The van der Waals surface area contributed by atoms with E-state index >= 15 is 0 Å². The van der Waals surface area contributed by atoms with Gasteiger partial charge >= 0.3 is 0 Å². The van der Waals surface area contributed by atoms with Gasteiger partial charge in [-0.05, 0) is 11.1 Å². The maximum absolute atomic E-state index is 5.94. The molecule has 3 heterocycles. The zero-order valence-corrected chi connectivity index (χ0v) is 16.8. The number of hydrogen-bond donors (Lipinski definition) is 1. The number of guanidine groups is 1. The van der Waals surface area contributed by atoms with Crippen LogP contribution in [0.4, 0.5) is 0 Å². The maximum atomic E-state index is 5.94. The van der Waals surface area contributed by atoms with E-state index in [1.54, 1.807) is 17.3 Å². The molecule has 9 nitrogen and oxygen atoms in total. The molecule has 1 aromatic carbocycles. The summed E-state index contributed by atoms with van der Waals surface area (Å²) in [6, 6.07) is 8.46. The van der Waals surface area contributed by atoms with Crippen LogP contribution in [0.25, 0.3) is 0 Å². The summed E-state index contributed by atoms with van der Waals surface area (Å²) < 4.78 is 9.56. The van der Waals surface area contributed by atoms with Crippen molar-refractivity contribution in [1.82, 2.24) is 34.8 Å². The van der Waals surface area contributed by atoms with E-state index in [-0.39, 0.29) is 6.10 Å². The maximum Gasteiger partial charge on any atom is 0.194 e. The quantitative estimate of drug-likeness (QED) is 0.517. The van der Waals surface area contributed by atoms with E-state index in [4.69, 9.17) is 4.74 Å². The standard InChI is InChI=1S/C20H26N8O/c1-21-20(27-6-7-29-19(13-27)18-10-24-26(2)12-18)23-9-16-4-3-5-17(8-16)11-28-15-22-14-25-28/h3-5,8,10,12,14-15,19H,6-7,9,11,13H2,1-2H3,(H,21,23). The molecule has 152 valence electrons. The number of morpholine rings is 1. The van der Waals surface area contributed by atoms with Gasteiger partial charge in [0.05, 0.1) is 25.9 Å². The predicted octanol–water partition coefficient (Wildman–Crippen LogP) is 1.21. The van der Waals surface area contributed by atoms with Gasteiger partial charge in [-0.2, -0.15) is 10.2 Å². The third kappa shape index (κ3) is 4.80. The lowest BCUT2D eigenvalue weighted by molar-refractivity contribution is -0.00805. The fourth-order valence-electron chi connectivity index (χ4n) is 3.50. The van der Waals surface area contributed by atoms with Gasteiger partial charge in [0.2, 0.25) is 0 Å². The third-order valence-corrected chi connectivity index (χ3v) is 4.93. The zero-order valence-electron chi connectivity index (χ0n) is 16.8. The number of aryl methyl sites for hydroxylation is 1. The predicted molar refractivity (Wildman–Crippen MR) is 109 cm³/mol. The number of rotatable bonds is 5. The third-order valence-electron chi connectivity index (χ3n) is 4.93. The highest BCUT2D eigenvalue weighted by Gasteiger charge is 2.25. The van der Waals surface area contributed by atoms with Gasteiger partial charge in [-0.3, -0.25) is 9.67 Å². The molecule has 1 N–H and O–H groups in total. The molecule has 1 atom stereocenters. The second-order valence-corrected chi connectivity index (χ2v) is 7.07. The molecule has 29 heavy (non-hydrogen) atoms. The largest absolute Gasteiger partial charge is 0.370 e. The van der Waals surface area contributed by atoms with Crippen molar-refractivity contribution < 1.29 is 4.74 Å². The highest BCUT2D eigenvalue weighted by molar-refractivity contribution is 5.80. The number of nitrogens with one attached hydrogen (secondary N) is 1. The van der Waals surface area contributed by atoms with E-state index in [1.165, 1.54) is 11.1 Å². The van der Waals surface area contributed by atoms with Crippen molar-refractivity contribution in [3.63, 3.8) is 0 Å². The highest BCUT2D eigenvalue weighted by Crippen LogP contribution is 2.21. The number of aromatic nitrogens is 5. The lowest BCUT2D eigenvalue weighted by Gasteiger charge is -2.34. The van der Waals surface area contributed by atoms with Crippen molar-refractivity contribution in [1.29, 1.82) is 0 Å². The molecule has 0 spiro atoms. The summed E-state index contributed by atoms with van der Waals surface area (Å²) in [5, 5.41) is 11.9. The summed E-state index contributed by atoms with van der Waals surface area (Å²) >= 11 is 0. The van der Waals surface area contributed by atoms with Gasteiger partial charge in [0.1, 0.15) is 18.8 Å². The Kier molecular flexibility index (Phi) is 5.85. The molecule has 0 radical (unpaired) electrons. The smallest absolute Gasteiger partial charge is 0.194 e. The molecule has 2 aromatic heterocycles. The van der Waals surface area contributed by atoms with Crippen molar-refractivity contribution in [2.45, 2.75) is 19.2 Å². The lowest BCUT2D eigenvalue weighted by atomic mass is 10.1. The van der Waals surface area contributed by atoms with Crippen LogP contribution in [0.5, 0.6) is 0 Å². The van der Waals surface area contributed by atoms with Crippen LogP contribution in [-0.4, -0.2) is 62.1 Å². The molecule has 1 aliphatic heterocycles. The molecular formula is C20H26N8O. The first-order valence-electron chi connectivity index (χ1n) is 9.67. The summed E-state index contributed by atoms with van der Waals surface area (Å²) in [5.41, 5.74) is 3.47. The first-order valence-corrected chi connectivity index (χ1v) is 9.67. The average molecular weight is 394 g/mol. The van der Waals surface area contributed by atoms with E-state index in [1.807, 2.05) is 31.2 Å². The van der Waals surface area contributed by atoms with Gasteiger partial charge in [0, 0.05) is 38.9 Å². The van der Waals surface area contributed by atoms with Crippen LogP contribution in [0.1, 0.15) is 22.8 Å². The van der Waals surface area contributed by atoms with E-state index in [2.05, 4.69) is 54.7 Å². The van der Waals surface area contributed by atoms with Crippen LogP contribution in [0.15, 0.2) is 54.3 Å². The van der Waals surface area contributed by atoms with Gasteiger partial charge in [-0.1, -0.05) is 24.3 Å². The zero-order chi connectivity index (χ0) is 20.1. The second kappa shape index (κ2) is 8.87. The summed E-state index contributed by atoms with van der Waals surface area (Å²) in [6.45, 7) is 3.62. The van der Waals surface area contributed by atoms with Gasteiger partial charge < -0.3 is 15.0 Å². The van der Waals surface area contributed by atoms with Crippen molar-refractivity contribution in [2.24, 2.45) is 12.0 Å². The van der Waals surface area contributed by atoms with Crippen molar-refractivity contribution >= 4 is 5.96 Å². The minimum Gasteiger partial charge on any atom is -0.370 e. The number of benzene rings is 1. The van der Waals surface area contributed by atoms with Crippen LogP contribution in [0.2, 0.25) is 0 Å². The Balaban J connectivity index is 1.37. The molecule has 1 unspecified atom stereocenters. The van der Waals surface area contributed by atoms with E-state index < -0.39 is 0 Å².